The molecule has 0 aliphatic heterocycles. The molecule has 3 aromatic carbocycles. The van der Waals surface area contributed by atoms with Crippen molar-refractivity contribution in [3.05, 3.63) is 77.9 Å². The Morgan fingerprint density at radius 2 is 1.80 bits per heavy atom. The molecular weight excluding hydrogens is 387 g/mol. The smallest absolute Gasteiger partial charge is 0.306 e. The normalized spacial score (nSPS) is 10.9. The van der Waals surface area contributed by atoms with E-state index in [4.69, 9.17) is 14.0 Å². The predicted octanol–water partition coefficient (Wildman–Crippen LogP) is 4.71. The molecule has 1 heterocycles. The average Bonchev–Trinajstić information content (AvgIpc) is 3.25. The zero-order valence-electron chi connectivity index (χ0n) is 16.3. The van der Waals surface area contributed by atoms with Gasteiger partial charge in [0.05, 0.1) is 13.5 Å². The summed E-state index contributed by atoms with van der Waals surface area (Å²) in [6.45, 7) is 0.186. The molecule has 30 heavy (non-hydrogen) atoms. The van der Waals surface area contributed by atoms with E-state index in [1.807, 2.05) is 36.4 Å². The molecule has 152 valence electrons. The highest BCUT2D eigenvalue weighted by molar-refractivity contribution is 5.84. The lowest BCUT2D eigenvalue weighted by molar-refractivity contribution is -0.145. The number of rotatable bonds is 7. The molecule has 1 aromatic heterocycles. The maximum atomic E-state index is 13.0. The van der Waals surface area contributed by atoms with E-state index in [9.17, 15) is 9.18 Å². The number of ether oxygens (including phenoxy) is 2. The van der Waals surface area contributed by atoms with Gasteiger partial charge in [0.1, 0.15) is 18.2 Å². The Bertz CT molecular complexity index is 1170. The number of hydrogen-bond donors (Lipinski definition) is 0. The Balaban J connectivity index is 1.30. The van der Waals surface area contributed by atoms with Crippen molar-refractivity contribution in [2.24, 2.45) is 0 Å². The molecule has 0 bridgehead atoms. The molecule has 0 N–H and O–H groups in total. The first-order valence-corrected chi connectivity index (χ1v) is 9.41. The Labute approximate surface area is 172 Å². The molecule has 0 saturated carbocycles. The maximum Gasteiger partial charge on any atom is 0.306 e. The molecule has 0 aliphatic rings. The summed E-state index contributed by atoms with van der Waals surface area (Å²) in [4.78, 5) is 16.3. The predicted molar refractivity (Wildman–Crippen MR) is 108 cm³/mol. The van der Waals surface area contributed by atoms with Gasteiger partial charge in [-0.25, -0.2) is 4.39 Å². The first kappa shape index (κ1) is 19.6. The minimum atomic E-state index is -0.355. The number of nitrogens with zero attached hydrogens (tertiary/aromatic N) is 2. The van der Waals surface area contributed by atoms with Crippen LogP contribution in [0.3, 0.4) is 0 Å². The van der Waals surface area contributed by atoms with Gasteiger partial charge < -0.3 is 14.0 Å². The van der Waals surface area contributed by atoms with Crippen LogP contribution in [0.4, 0.5) is 4.39 Å². The number of halogens is 1. The van der Waals surface area contributed by atoms with Crippen molar-refractivity contribution in [1.29, 1.82) is 0 Å². The van der Waals surface area contributed by atoms with E-state index in [0.717, 1.165) is 22.1 Å². The molecule has 0 amide bonds. The molecule has 0 spiro atoms. The summed E-state index contributed by atoms with van der Waals surface area (Å²) in [7, 11) is 1.63. The quantitative estimate of drug-likeness (QED) is 0.414. The molecule has 0 atom stereocenters. The third-order valence-electron chi connectivity index (χ3n) is 4.63. The Kier molecular flexibility index (Phi) is 5.70. The molecule has 4 aromatic rings. The van der Waals surface area contributed by atoms with Gasteiger partial charge in [0, 0.05) is 12.0 Å². The topological polar surface area (TPSA) is 74.5 Å². The minimum absolute atomic E-state index is 0.121. The second kappa shape index (κ2) is 8.73. The van der Waals surface area contributed by atoms with Crippen molar-refractivity contribution in [2.45, 2.75) is 19.4 Å². The SMILES string of the molecule is COc1ccc2cc(COC(=O)CCc3nc(-c4ccc(F)cc4)no3)ccc2c1. The number of fused-ring (bicyclic) bond motifs is 1. The minimum Gasteiger partial charge on any atom is -0.497 e. The van der Waals surface area contributed by atoms with Crippen LogP contribution in [0, 0.1) is 5.82 Å². The molecule has 7 heteroatoms. The van der Waals surface area contributed by atoms with Crippen LogP contribution in [0.25, 0.3) is 22.2 Å². The van der Waals surface area contributed by atoms with Crippen molar-refractivity contribution in [2.75, 3.05) is 7.11 Å². The fraction of sp³-hybridized carbons (Fsp3) is 0.174. The first-order chi connectivity index (χ1) is 14.6. The summed E-state index contributed by atoms with van der Waals surface area (Å²) < 4.78 is 28.7. The highest BCUT2D eigenvalue weighted by Gasteiger charge is 2.12. The van der Waals surface area contributed by atoms with Crippen LogP contribution >= 0.6 is 0 Å². The van der Waals surface area contributed by atoms with E-state index in [1.165, 1.54) is 12.1 Å². The Morgan fingerprint density at radius 3 is 2.60 bits per heavy atom. The second-order valence-electron chi connectivity index (χ2n) is 6.73. The molecule has 6 nitrogen and oxygen atoms in total. The number of hydrogen-bond acceptors (Lipinski definition) is 6. The first-order valence-electron chi connectivity index (χ1n) is 9.41. The fourth-order valence-corrected chi connectivity index (χ4v) is 3.01. The van der Waals surface area contributed by atoms with Gasteiger partial charge in [0.2, 0.25) is 11.7 Å². The average molecular weight is 406 g/mol. The van der Waals surface area contributed by atoms with Crippen LogP contribution in [0.5, 0.6) is 5.75 Å². The molecule has 4 rings (SSSR count). The fourth-order valence-electron chi connectivity index (χ4n) is 3.01. The Hall–Kier alpha value is -3.74. The summed E-state index contributed by atoms with van der Waals surface area (Å²) in [6.07, 6.45) is 0.389. The molecule has 0 unspecified atom stereocenters. The van der Waals surface area contributed by atoms with Crippen LogP contribution in [0.1, 0.15) is 17.9 Å². The zero-order chi connectivity index (χ0) is 20.9. The van der Waals surface area contributed by atoms with E-state index in [2.05, 4.69) is 10.1 Å². The van der Waals surface area contributed by atoms with Gasteiger partial charge in [0.25, 0.3) is 0 Å². The highest BCUT2D eigenvalue weighted by atomic mass is 19.1. The molecule has 0 radical (unpaired) electrons. The van der Waals surface area contributed by atoms with Gasteiger partial charge in [-0.05, 0) is 58.8 Å². The lowest BCUT2D eigenvalue weighted by Crippen LogP contribution is -2.06. The summed E-state index contributed by atoms with van der Waals surface area (Å²) in [6, 6.07) is 17.5. The van der Waals surface area contributed by atoms with Crippen LogP contribution in [0.2, 0.25) is 0 Å². The standard InChI is InChI=1S/C23H19FN2O4/c1-28-20-9-6-17-12-15(2-3-18(17)13-20)14-29-22(27)11-10-21-25-23(26-30-21)16-4-7-19(24)8-5-16/h2-9,12-13H,10-11,14H2,1H3. The Morgan fingerprint density at radius 1 is 1.03 bits per heavy atom. The van der Waals surface area contributed by atoms with E-state index >= 15 is 0 Å². The summed E-state index contributed by atoms with van der Waals surface area (Å²) in [5.41, 5.74) is 1.54. The van der Waals surface area contributed by atoms with Crippen molar-refractivity contribution in [3.63, 3.8) is 0 Å². The number of benzene rings is 3. The van der Waals surface area contributed by atoms with Gasteiger partial charge >= 0.3 is 5.97 Å². The summed E-state index contributed by atoms with van der Waals surface area (Å²) in [5, 5.41) is 5.96. The number of carbonyl (C=O) groups is 1. The van der Waals surface area contributed by atoms with Gasteiger partial charge in [-0.15, -0.1) is 0 Å². The lowest BCUT2D eigenvalue weighted by Gasteiger charge is -2.07. The van der Waals surface area contributed by atoms with Crippen LogP contribution in [0.15, 0.2) is 65.2 Å². The van der Waals surface area contributed by atoms with Gasteiger partial charge in [-0.1, -0.05) is 23.4 Å². The van der Waals surface area contributed by atoms with E-state index in [0.29, 0.717) is 17.3 Å². The molecule has 0 aliphatic carbocycles. The largest absolute Gasteiger partial charge is 0.497 e. The number of esters is 1. The van der Waals surface area contributed by atoms with Crippen molar-refractivity contribution >= 4 is 16.7 Å². The molecular formula is C23H19FN2O4. The lowest BCUT2D eigenvalue weighted by atomic mass is 10.1. The summed E-state index contributed by atoms with van der Waals surface area (Å²) in [5.74, 6) is 0.782. The van der Waals surface area contributed by atoms with Crippen LogP contribution in [-0.2, 0) is 22.6 Å². The highest BCUT2D eigenvalue weighted by Crippen LogP contribution is 2.22. The monoisotopic (exact) mass is 406 g/mol. The van der Waals surface area contributed by atoms with Crippen molar-refractivity contribution in [3.8, 4) is 17.1 Å². The number of aromatic nitrogens is 2. The van der Waals surface area contributed by atoms with E-state index in [1.54, 1.807) is 19.2 Å². The van der Waals surface area contributed by atoms with E-state index in [-0.39, 0.29) is 31.2 Å². The summed E-state index contributed by atoms with van der Waals surface area (Å²) >= 11 is 0. The van der Waals surface area contributed by atoms with Crippen molar-refractivity contribution in [1.82, 2.24) is 10.1 Å². The molecule has 0 fully saturated rings. The van der Waals surface area contributed by atoms with Crippen LogP contribution in [-0.4, -0.2) is 23.2 Å². The number of aryl methyl sites for hydroxylation is 1. The van der Waals surface area contributed by atoms with E-state index < -0.39 is 0 Å². The van der Waals surface area contributed by atoms with Gasteiger partial charge in [0.15, 0.2) is 0 Å². The van der Waals surface area contributed by atoms with Gasteiger partial charge in [-0.2, -0.15) is 4.98 Å². The zero-order valence-corrected chi connectivity index (χ0v) is 16.3. The number of carbonyl (C=O) groups excluding carboxylic acids is 1. The second-order valence-corrected chi connectivity index (χ2v) is 6.73. The third-order valence-corrected chi connectivity index (χ3v) is 4.63. The van der Waals surface area contributed by atoms with Crippen LogP contribution < -0.4 is 4.74 Å². The maximum absolute atomic E-state index is 13.0. The van der Waals surface area contributed by atoms with Crippen molar-refractivity contribution < 1.29 is 23.2 Å². The number of methoxy groups -OCH3 is 1. The van der Waals surface area contributed by atoms with Gasteiger partial charge in [-0.3, -0.25) is 4.79 Å². The third kappa shape index (κ3) is 4.63. The molecule has 0 saturated heterocycles.